The topological polar surface area (TPSA) is 72.6 Å². The van der Waals surface area contributed by atoms with E-state index in [4.69, 9.17) is 10.5 Å². The number of carbonyl (C=O) groups excluding carboxylic acids is 2. The zero-order valence-corrected chi connectivity index (χ0v) is 17.0. The van der Waals surface area contributed by atoms with Crippen LogP contribution in [-0.4, -0.2) is 18.4 Å². The second-order valence-corrected chi connectivity index (χ2v) is 7.45. The van der Waals surface area contributed by atoms with E-state index < -0.39 is 23.5 Å². The molecule has 1 aliphatic carbocycles. The van der Waals surface area contributed by atoms with Crippen LogP contribution in [0, 0.1) is 11.6 Å². The molecule has 2 aliphatic rings. The highest BCUT2D eigenvalue weighted by atomic mass is 19.1. The molecule has 0 radical (unpaired) electrons. The van der Waals surface area contributed by atoms with Crippen LogP contribution in [0.4, 0.5) is 14.5 Å². The molecule has 0 saturated heterocycles. The van der Waals surface area contributed by atoms with Gasteiger partial charge in [-0.25, -0.2) is 13.6 Å². The van der Waals surface area contributed by atoms with E-state index in [2.05, 4.69) is 0 Å². The molecule has 0 fully saturated rings. The number of carbonyl (C=O) groups is 2. The Morgan fingerprint density at radius 2 is 1.68 bits per heavy atom. The van der Waals surface area contributed by atoms with Gasteiger partial charge >= 0.3 is 5.97 Å². The van der Waals surface area contributed by atoms with Gasteiger partial charge in [-0.15, -0.1) is 0 Å². The third-order valence-corrected chi connectivity index (χ3v) is 5.58. The number of halogens is 2. The summed E-state index contributed by atoms with van der Waals surface area (Å²) in [6.45, 7) is 1.81. The Labute approximate surface area is 178 Å². The highest BCUT2D eigenvalue weighted by Crippen LogP contribution is 2.46. The zero-order chi connectivity index (χ0) is 22.1. The Morgan fingerprint density at radius 3 is 2.29 bits per heavy atom. The van der Waals surface area contributed by atoms with E-state index in [1.807, 2.05) is 0 Å². The number of benzene rings is 2. The van der Waals surface area contributed by atoms with Crippen LogP contribution >= 0.6 is 0 Å². The number of hydrogen-bond donors (Lipinski definition) is 1. The molecule has 5 nitrogen and oxygen atoms in total. The highest BCUT2D eigenvalue weighted by Gasteiger charge is 2.43. The molecule has 0 bridgehead atoms. The first kappa shape index (κ1) is 20.8. The van der Waals surface area contributed by atoms with Gasteiger partial charge in [0.15, 0.2) is 5.78 Å². The number of rotatable bonds is 4. The lowest BCUT2D eigenvalue weighted by atomic mass is 9.75. The van der Waals surface area contributed by atoms with Crippen molar-refractivity contribution in [2.45, 2.75) is 32.1 Å². The van der Waals surface area contributed by atoms with Gasteiger partial charge in [-0.3, -0.25) is 9.69 Å². The predicted octanol–water partition coefficient (Wildman–Crippen LogP) is 4.31. The van der Waals surface area contributed by atoms with E-state index in [1.165, 1.54) is 24.3 Å². The number of Topliss-reactive ketones (excluding diaryl/α,β-unsaturated/α-hetero) is 1. The molecule has 1 atom stereocenters. The van der Waals surface area contributed by atoms with Crippen molar-refractivity contribution in [1.82, 2.24) is 0 Å². The maximum atomic E-state index is 13.6. The summed E-state index contributed by atoms with van der Waals surface area (Å²) < 4.78 is 32.4. The van der Waals surface area contributed by atoms with Crippen LogP contribution in [-0.2, 0) is 14.3 Å². The minimum absolute atomic E-state index is 0.100. The molecule has 0 saturated carbocycles. The monoisotopic (exact) mass is 424 g/mol. The van der Waals surface area contributed by atoms with Gasteiger partial charge in [-0.2, -0.15) is 0 Å². The second-order valence-electron chi connectivity index (χ2n) is 7.45. The first-order valence-corrected chi connectivity index (χ1v) is 10.2. The summed E-state index contributed by atoms with van der Waals surface area (Å²) >= 11 is 0. The molecule has 1 heterocycles. The van der Waals surface area contributed by atoms with Gasteiger partial charge in [0.05, 0.1) is 18.1 Å². The summed E-state index contributed by atoms with van der Waals surface area (Å²) in [6, 6.07) is 11.4. The molecule has 160 valence electrons. The molecule has 0 aromatic heterocycles. The Balaban J connectivity index is 1.98. The largest absolute Gasteiger partial charge is 0.463 e. The molecule has 2 aromatic rings. The summed E-state index contributed by atoms with van der Waals surface area (Å²) in [5.74, 6) is -2.23. The zero-order valence-electron chi connectivity index (χ0n) is 17.0. The van der Waals surface area contributed by atoms with Crippen LogP contribution < -0.4 is 10.6 Å². The van der Waals surface area contributed by atoms with Crippen LogP contribution in [0.1, 0.15) is 37.7 Å². The number of nitrogens with zero attached hydrogens (tertiary/aromatic N) is 1. The SMILES string of the molecule is CCOC(=O)C1=C(N)N(c2ccc(F)cc2)C2=C(C(=O)CCC2)C1c1ccc(F)cc1. The quantitative estimate of drug-likeness (QED) is 0.741. The van der Waals surface area contributed by atoms with Gasteiger partial charge in [0.25, 0.3) is 0 Å². The van der Waals surface area contributed by atoms with E-state index in [-0.39, 0.29) is 23.8 Å². The fourth-order valence-electron chi connectivity index (χ4n) is 4.27. The van der Waals surface area contributed by atoms with Crippen LogP contribution in [0.25, 0.3) is 0 Å². The summed E-state index contributed by atoms with van der Waals surface area (Å²) in [5, 5.41) is 0. The molecule has 31 heavy (non-hydrogen) atoms. The van der Waals surface area contributed by atoms with Crippen molar-refractivity contribution in [1.29, 1.82) is 0 Å². The molecule has 2 aromatic carbocycles. The Hall–Kier alpha value is -3.48. The number of esters is 1. The minimum atomic E-state index is -0.765. The third-order valence-electron chi connectivity index (χ3n) is 5.58. The third kappa shape index (κ3) is 3.71. The lowest BCUT2D eigenvalue weighted by Crippen LogP contribution is -2.41. The first-order chi connectivity index (χ1) is 14.9. The van der Waals surface area contributed by atoms with Crippen molar-refractivity contribution in [2.24, 2.45) is 5.73 Å². The average Bonchev–Trinajstić information content (AvgIpc) is 2.75. The van der Waals surface area contributed by atoms with E-state index in [9.17, 15) is 18.4 Å². The van der Waals surface area contributed by atoms with Gasteiger partial charge in [-0.05, 0) is 61.7 Å². The molecule has 1 aliphatic heterocycles. The number of allylic oxidation sites excluding steroid dienone is 2. The number of hydrogen-bond acceptors (Lipinski definition) is 5. The Morgan fingerprint density at radius 1 is 1.06 bits per heavy atom. The van der Waals surface area contributed by atoms with E-state index in [0.717, 1.165) is 0 Å². The molecule has 7 heteroatoms. The Bertz CT molecular complexity index is 1090. The van der Waals surface area contributed by atoms with Crippen molar-refractivity contribution < 1.29 is 23.1 Å². The van der Waals surface area contributed by atoms with Gasteiger partial charge < -0.3 is 10.5 Å². The molecule has 1 unspecified atom stereocenters. The van der Waals surface area contributed by atoms with Gasteiger partial charge in [0.2, 0.25) is 0 Å². The fraction of sp³-hybridized carbons (Fsp3) is 0.250. The van der Waals surface area contributed by atoms with Crippen molar-refractivity contribution in [3.63, 3.8) is 0 Å². The number of ether oxygens (including phenoxy) is 1. The van der Waals surface area contributed by atoms with Crippen LogP contribution in [0.15, 0.2) is 71.2 Å². The smallest absolute Gasteiger partial charge is 0.338 e. The summed E-state index contributed by atoms with van der Waals surface area (Å²) in [4.78, 5) is 27.8. The standard InChI is InChI=1S/C24H22F2N2O3/c1-2-31-24(30)22-20(14-6-8-15(25)9-7-14)21-18(4-3-5-19(21)29)28(23(22)27)17-12-10-16(26)11-13-17/h6-13,20H,2-5,27H2,1H3. The lowest BCUT2D eigenvalue weighted by Gasteiger charge is -2.40. The summed E-state index contributed by atoms with van der Waals surface area (Å²) in [7, 11) is 0. The maximum Gasteiger partial charge on any atom is 0.338 e. The molecular formula is C24H22F2N2O3. The summed E-state index contributed by atoms with van der Waals surface area (Å²) in [5.41, 5.74) is 8.88. The molecular weight excluding hydrogens is 402 g/mol. The molecule has 2 N–H and O–H groups in total. The fourth-order valence-corrected chi connectivity index (χ4v) is 4.27. The maximum absolute atomic E-state index is 13.6. The van der Waals surface area contributed by atoms with Crippen LogP contribution in [0.5, 0.6) is 0 Å². The second kappa shape index (κ2) is 8.34. The summed E-state index contributed by atoms with van der Waals surface area (Å²) in [6.07, 6.45) is 1.53. The van der Waals surface area contributed by atoms with Gasteiger partial charge in [0, 0.05) is 23.4 Å². The van der Waals surface area contributed by atoms with Crippen LogP contribution in [0.2, 0.25) is 0 Å². The van der Waals surface area contributed by atoms with Gasteiger partial charge in [0.1, 0.15) is 17.5 Å². The number of ketones is 1. The van der Waals surface area contributed by atoms with Crippen LogP contribution in [0.3, 0.4) is 0 Å². The van der Waals surface area contributed by atoms with E-state index in [1.54, 1.807) is 36.1 Å². The number of nitrogens with two attached hydrogens (primary N) is 1. The average molecular weight is 424 g/mol. The number of anilines is 1. The lowest BCUT2D eigenvalue weighted by molar-refractivity contribution is -0.138. The van der Waals surface area contributed by atoms with Crippen molar-refractivity contribution in [2.75, 3.05) is 11.5 Å². The predicted molar refractivity (Wildman–Crippen MR) is 112 cm³/mol. The van der Waals surface area contributed by atoms with E-state index >= 15 is 0 Å². The van der Waals surface area contributed by atoms with E-state index in [0.29, 0.717) is 41.8 Å². The van der Waals surface area contributed by atoms with Crippen molar-refractivity contribution in [3.05, 3.63) is 88.4 Å². The molecule has 0 spiro atoms. The van der Waals surface area contributed by atoms with Crippen molar-refractivity contribution >= 4 is 17.4 Å². The highest BCUT2D eigenvalue weighted by molar-refractivity contribution is 6.05. The normalized spacial score (nSPS) is 18.9. The minimum Gasteiger partial charge on any atom is -0.463 e. The molecule has 4 rings (SSSR count). The van der Waals surface area contributed by atoms with Gasteiger partial charge in [-0.1, -0.05) is 12.1 Å². The molecule has 0 amide bonds. The van der Waals surface area contributed by atoms with Crippen molar-refractivity contribution in [3.8, 4) is 0 Å². The first-order valence-electron chi connectivity index (χ1n) is 10.2. The Kier molecular flexibility index (Phi) is 5.59.